The third kappa shape index (κ3) is 1.96. The van der Waals surface area contributed by atoms with Gasteiger partial charge in [0.15, 0.2) is 0 Å². The van der Waals surface area contributed by atoms with E-state index in [1.807, 2.05) is 18.2 Å². The van der Waals surface area contributed by atoms with E-state index in [0.717, 1.165) is 32.0 Å². The number of likely N-dealkylation sites (N-methyl/N-ethyl adjacent to an activating group) is 1. The van der Waals surface area contributed by atoms with Crippen molar-refractivity contribution >= 4 is 11.6 Å². The Morgan fingerprint density at radius 2 is 1.93 bits per heavy atom. The summed E-state index contributed by atoms with van der Waals surface area (Å²) in [6.07, 6.45) is 0. The van der Waals surface area contributed by atoms with Gasteiger partial charge in [0.25, 0.3) is 0 Å². The summed E-state index contributed by atoms with van der Waals surface area (Å²) in [5.41, 5.74) is 5.64. The molecular formula is C10H16N4. The Labute approximate surface area is 84.3 Å². The molecule has 14 heavy (non-hydrogen) atoms. The van der Waals surface area contributed by atoms with Crippen LogP contribution in [0.1, 0.15) is 0 Å². The Balaban J connectivity index is 2.08. The summed E-state index contributed by atoms with van der Waals surface area (Å²) < 4.78 is 0. The van der Waals surface area contributed by atoms with Crippen molar-refractivity contribution in [3.8, 4) is 0 Å². The minimum atomic E-state index is 0.599. The van der Waals surface area contributed by atoms with Crippen LogP contribution in [0.5, 0.6) is 0 Å². The van der Waals surface area contributed by atoms with Gasteiger partial charge in [-0.1, -0.05) is 6.07 Å². The number of hydrogen-bond acceptors (Lipinski definition) is 4. The van der Waals surface area contributed by atoms with E-state index in [1.54, 1.807) is 0 Å². The third-order valence-electron chi connectivity index (χ3n) is 2.58. The van der Waals surface area contributed by atoms with Crippen molar-refractivity contribution in [3.05, 3.63) is 18.2 Å². The van der Waals surface area contributed by atoms with Gasteiger partial charge in [-0.15, -0.1) is 0 Å². The van der Waals surface area contributed by atoms with E-state index in [4.69, 9.17) is 5.73 Å². The van der Waals surface area contributed by atoms with E-state index in [0.29, 0.717) is 5.82 Å². The fraction of sp³-hybridized carbons (Fsp3) is 0.500. The van der Waals surface area contributed by atoms with Crippen LogP contribution < -0.4 is 10.6 Å². The molecule has 2 rings (SSSR count). The summed E-state index contributed by atoms with van der Waals surface area (Å²) in [7, 11) is 2.14. The predicted molar refractivity (Wildman–Crippen MR) is 58.4 cm³/mol. The van der Waals surface area contributed by atoms with Crippen molar-refractivity contribution in [1.82, 2.24) is 9.88 Å². The minimum Gasteiger partial charge on any atom is -0.384 e. The molecule has 2 N–H and O–H groups in total. The Morgan fingerprint density at radius 3 is 2.57 bits per heavy atom. The molecule has 0 radical (unpaired) electrons. The highest BCUT2D eigenvalue weighted by molar-refractivity contribution is 5.45. The summed E-state index contributed by atoms with van der Waals surface area (Å²) in [6, 6.07) is 5.79. The number of pyridine rings is 1. The second-order valence-corrected chi connectivity index (χ2v) is 3.71. The van der Waals surface area contributed by atoms with Crippen LogP contribution in [0, 0.1) is 0 Å². The maximum Gasteiger partial charge on any atom is 0.131 e. The first kappa shape index (κ1) is 9.27. The molecule has 76 valence electrons. The lowest BCUT2D eigenvalue weighted by molar-refractivity contribution is 0.312. The highest BCUT2D eigenvalue weighted by Gasteiger charge is 2.14. The molecule has 0 unspecified atom stereocenters. The van der Waals surface area contributed by atoms with Crippen LogP contribution in [-0.4, -0.2) is 43.1 Å². The normalized spacial score (nSPS) is 18.5. The van der Waals surface area contributed by atoms with Gasteiger partial charge >= 0.3 is 0 Å². The topological polar surface area (TPSA) is 45.4 Å². The molecule has 1 fully saturated rings. The monoisotopic (exact) mass is 192 g/mol. The van der Waals surface area contributed by atoms with E-state index in [9.17, 15) is 0 Å². The van der Waals surface area contributed by atoms with Crippen molar-refractivity contribution in [2.75, 3.05) is 43.9 Å². The van der Waals surface area contributed by atoms with Gasteiger partial charge < -0.3 is 15.5 Å². The second kappa shape index (κ2) is 3.84. The number of hydrogen-bond donors (Lipinski definition) is 1. The Kier molecular flexibility index (Phi) is 2.54. The zero-order valence-electron chi connectivity index (χ0n) is 8.48. The van der Waals surface area contributed by atoms with Crippen LogP contribution in [0.25, 0.3) is 0 Å². The molecule has 0 bridgehead atoms. The number of nitrogen functional groups attached to an aromatic ring is 1. The number of rotatable bonds is 1. The van der Waals surface area contributed by atoms with Crippen LogP contribution in [0.15, 0.2) is 18.2 Å². The zero-order valence-corrected chi connectivity index (χ0v) is 8.48. The van der Waals surface area contributed by atoms with Gasteiger partial charge in [-0.3, -0.25) is 0 Å². The Hall–Kier alpha value is -1.29. The van der Waals surface area contributed by atoms with Crippen molar-refractivity contribution in [2.24, 2.45) is 0 Å². The highest BCUT2D eigenvalue weighted by atomic mass is 15.3. The van der Waals surface area contributed by atoms with Gasteiger partial charge in [0.05, 0.1) is 0 Å². The summed E-state index contributed by atoms with van der Waals surface area (Å²) >= 11 is 0. The lowest BCUT2D eigenvalue weighted by atomic mass is 10.3. The van der Waals surface area contributed by atoms with Crippen molar-refractivity contribution in [3.63, 3.8) is 0 Å². The molecule has 0 aliphatic carbocycles. The molecule has 4 heteroatoms. The molecule has 1 aromatic heterocycles. The molecule has 0 aromatic carbocycles. The summed E-state index contributed by atoms with van der Waals surface area (Å²) in [4.78, 5) is 8.90. The average molecular weight is 192 g/mol. The van der Waals surface area contributed by atoms with E-state index < -0.39 is 0 Å². The smallest absolute Gasteiger partial charge is 0.131 e. The van der Waals surface area contributed by atoms with E-state index in [1.165, 1.54) is 0 Å². The molecule has 1 aliphatic rings. The van der Waals surface area contributed by atoms with Crippen LogP contribution in [0.3, 0.4) is 0 Å². The largest absolute Gasteiger partial charge is 0.384 e. The molecule has 2 heterocycles. The minimum absolute atomic E-state index is 0.599. The van der Waals surface area contributed by atoms with Crippen LogP contribution in [0.2, 0.25) is 0 Å². The standard InChI is InChI=1S/C10H16N4/c1-13-5-7-14(8-6-13)10-4-2-3-9(11)12-10/h2-4H,5-8H2,1H3,(H2,11,12). The first-order chi connectivity index (χ1) is 6.75. The van der Waals surface area contributed by atoms with Gasteiger partial charge in [-0.25, -0.2) is 4.98 Å². The molecule has 4 nitrogen and oxygen atoms in total. The number of nitrogens with zero attached hydrogens (tertiary/aromatic N) is 3. The fourth-order valence-electron chi connectivity index (χ4n) is 1.65. The van der Waals surface area contributed by atoms with Gasteiger partial charge in [0.1, 0.15) is 11.6 Å². The predicted octanol–water partition coefficient (Wildman–Crippen LogP) is 0.416. The zero-order chi connectivity index (χ0) is 9.97. The molecule has 1 aromatic rings. The van der Waals surface area contributed by atoms with Crippen molar-refractivity contribution in [2.45, 2.75) is 0 Å². The Morgan fingerprint density at radius 1 is 1.21 bits per heavy atom. The molecule has 0 atom stereocenters. The van der Waals surface area contributed by atoms with Gasteiger partial charge in [-0.05, 0) is 19.2 Å². The summed E-state index contributed by atoms with van der Waals surface area (Å²) in [5.74, 6) is 1.60. The molecule has 1 aliphatic heterocycles. The van der Waals surface area contributed by atoms with E-state index in [2.05, 4.69) is 21.8 Å². The first-order valence-electron chi connectivity index (χ1n) is 4.92. The lowest BCUT2D eigenvalue weighted by Gasteiger charge is -2.33. The number of piperazine rings is 1. The molecule has 1 saturated heterocycles. The lowest BCUT2D eigenvalue weighted by Crippen LogP contribution is -2.44. The maximum absolute atomic E-state index is 5.64. The van der Waals surface area contributed by atoms with Crippen molar-refractivity contribution < 1.29 is 0 Å². The molecular weight excluding hydrogens is 176 g/mol. The SMILES string of the molecule is CN1CCN(c2cccc(N)n2)CC1. The maximum atomic E-state index is 5.64. The number of nitrogens with two attached hydrogens (primary N) is 1. The van der Waals surface area contributed by atoms with Crippen LogP contribution in [-0.2, 0) is 0 Å². The number of anilines is 2. The highest BCUT2D eigenvalue weighted by Crippen LogP contribution is 2.13. The van der Waals surface area contributed by atoms with Gasteiger partial charge in [0, 0.05) is 26.2 Å². The van der Waals surface area contributed by atoms with Gasteiger partial charge in [-0.2, -0.15) is 0 Å². The summed E-state index contributed by atoms with van der Waals surface area (Å²) in [6.45, 7) is 4.26. The first-order valence-corrected chi connectivity index (χ1v) is 4.92. The van der Waals surface area contributed by atoms with E-state index >= 15 is 0 Å². The quantitative estimate of drug-likeness (QED) is 0.700. The van der Waals surface area contributed by atoms with Crippen molar-refractivity contribution in [1.29, 1.82) is 0 Å². The molecule has 0 saturated carbocycles. The van der Waals surface area contributed by atoms with Gasteiger partial charge in [0.2, 0.25) is 0 Å². The third-order valence-corrected chi connectivity index (χ3v) is 2.58. The average Bonchev–Trinajstić information content (AvgIpc) is 2.19. The van der Waals surface area contributed by atoms with E-state index in [-0.39, 0.29) is 0 Å². The molecule has 0 spiro atoms. The van der Waals surface area contributed by atoms with Crippen LogP contribution >= 0.6 is 0 Å². The number of aromatic nitrogens is 1. The fourth-order valence-corrected chi connectivity index (χ4v) is 1.65. The summed E-state index contributed by atoms with van der Waals surface area (Å²) in [5, 5.41) is 0. The van der Waals surface area contributed by atoms with Crippen LogP contribution in [0.4, 0.5) is 11.6 Å². The molecule has 0 amide bonds. The Bertz CT molecular complexity index is 305. The second-order valence-electron chi connectivity index (χ2n) is 3.71.